The lowest BCUT2D eigenvalue weighted by molar-refractivity contribution is 0.102. The number of hydrogen-bond acceptors (Lipinski definition) is 3. The van der Waals surface area contributed by atoms with Gasteiger partial charge < -0.3 is 10.1 Å². The summed E-state index contributed by atoms with van der Waals surface area (Å²) in [6.07, 6.45) is 0.955. The molecule has 1 N–H and O–H groups in total. The van der Waals surface area contributed by atoms with Crippen LogP contribution in [0.1, 0.15) is 23.7 Å². The number of hydrogen-bond donors (Lipinski definition) is 2. The molecule has 21 heavy (non-hydrogen) atoms. The molecule has 0 aromatic heterocycles. The van der Waals surface area contributed by atoms with Crippen molar-refractivity contribution in [2.45, 2.75) is 18.2 Å². The SMILES string of the molecule is CCCOc1ccc(NC(=O)c2cc(S)ccc2Cl)cc1. The van der Waals surface area contributed by atoms with Crippen molar-refractivity contribution in [3.8, 4) is 5.75 Å². The van der Waals surface area contributed by atoms with Crippen LogP contribution in [-0.4, -0.2) is 12.5 Å². The van der Waals surface area contributed by atoms with Crippen molar-refractivity contribution in [3.63, 3.8) is 0 Å². The Morgan fingerprint density at radius 1 is 1.24 bits per heavy atom. The van der Waals surface area contributed by atoms with Crippen LogP contribution >= 0.6 is 24.2 Å². The van der Waals surface area contributed by atoms with Gasteiger partial charge in [-0.2, -0.15) is 0 Å². The van der Waals surface area contributed by atoms with Crippen LogP contribution < -0.4 is 10.1 Å². The molecule has 0 fully saturated rings. The highest BCUT2D eigenvalue weighted by Gasteiger charge is 2.11. The second-order valence-electron chi connectivity index (χ2n) is 4.49. The van der Waals surface area contributed by atoms with E-state index in [1.165, 1.54) is 0 Å². The van der Waals surface area contributed by atoms with Crippen LogP contribution in [0.3, 0.4) is 0 Å². The van der Waals surface area contributed by atoms with E-state index in [9.17, 15) is 4.79 Å². The maximum absolute atomic E-state index is 12.2. The van der Waals surface area contributed by atoms with Crippen LogP contribution in [-0.2, 0) is 0 Å². The molecule has 110 valence electrons. The molecule has 0 atom stereocenters. The normalized spacial score (nSPS) is 10.2. The summed E-state index contributed by atoms with van der Waals surface area (Å²) in [5.41, 5.74) is 1.08. The largest absolute Gasteiger partial charge is 0.494 e. The number of nitrogens with one attached hydrogen (secondary N) is 1. The Morgan fingerprint density at radius 2 is 1.95 bits per heavy atom. The Hall–Kier alpha value is -1.65. The summed E-state index contributed by atoms with van der Waals surface area (Å²) < 4.78 is 5.49. The highest BCUT2D eigenvalue weighted by atomic mass is 35.5. The Balaban J connectivity index is 2.07. The molecule has 3 nitrogen and oxygen atoms in total. The maximum Gasteiger partial charge on any atom is 0.257 e. The van der Waals surface area contributed by atoms with E-state index in [4.69, 9.17) is 16.3 Å². The lowest BCUT2D eigenvalue weighted by Gasteiger charge is -2.09. The van der Waals surface area contributed by atoms with Gasteiger partial charge in [-0.05, 0) is 48.9 Å². The van der Waals surface area contributed by atoms with Gasteiger partial charge >= 0.3 is 0 Å². The number of carbonyl (C=O) groups is 1. The first-order valence-electron chi connectivity index (χ1n) is 6.63. The molecule has 0 spiro atoms. The Bertz CT molecular complexity index is 629. The molecule has 5 heteroatoms. The number of carbonyl (C=O) groups excluding carboxylic acids is 1. The molecule has 0 bridgehead atoms. The fourth-order valence-electron chi connectivity index (χ4n) is 1.74. The van der Waals surface area contributed by atoms with Crippen LogP contribution in [0.5, 0.6) is 5.75 Å². The molecule has 0 heterocycles. The first-order chi connectivity index (χ1) is 10.1. The molecule has 2 rings (SSSR count). The quantitative estimate of drug-likeness (QED) is 0.785. The summed E-state index contributed by atoms with van der Waals surface area (Å²) in [6.45, 7) is 2.73. The fraction of sp³-hybridized carbons (Fsp3) is 0.188. The van der Waals surface area contributed by atoms with Crippen LogP contribution in [0.2, 0.25) is 5.02 Å². The van der Waals surface area contributed by atoms with Crippen LogP contribution in [0, 0.1) is 0 Å². The molecule has 0 radical (unpaired) electrons. The molecule has 0 saturated carbocycles. The highest BCUT2D eigenvalue weighted by Crippen LogP contribution is 2.22. The first kappa shape index (κ1) is 15.7. The maximum atomic E-state index is 12.2. The molecule has 0 aliphatic rings. The summed E-state index contributed by atoms with van der Waals surface area (Å²) in [4.78, 5) is 12.9. The van der Waals surface area contributed by atoms with Gasteiger partial charge in [0.15, 0.2) is 0 Å². The molecule has 0 aliphatic carbocycles. The molecular weight excluding hydrogens is 306 g/mol. The number of ether oxygens (including phenoxy) is 1. The number of rotatable bonds is 5. The highest BCUT2D eigenvalue weighted by molar-refractivity contribution is 7.80. The van der Waals surface area contributed by atoms with Crippen molar-refractivity contribution in [2.75, 3.05) is 11.9 Å². The van der Waals surface area contributed by atoms with E-state index >= 15 is 0 Å². The van der Waals surface area contributed by atoms with E-state index in [0.29, 0.717) is 27.8 Å². The van der Waals surface area contributed by atoms with Gasteiger partial charge in [0.25, 0.3) is 5.91 Å². The predicted octanol–water partition coefficient (Wildman–Crippen LogP) is 4.67. The van der Waals surface area contributed by atoms with Crippen LogP contribution in [0.15, 0.2) is 47.4 Å². The number of amides is 1. The number of benzene rings is 2. The van der Waals surface area contributed by atoms with E-state index in [0.717, 1.165) is 12.2 Å². The minimum Gasteiger partial charge on any atom is -0.494 e. The Kier molecular flexibility index (Phi) is 5.53. The van der Waals surface area contributed by atoms with Gasteiger partial charge in [0.2, 0.25) is 0 Å². The van der Waals surface area contributed by atoms with Crippen molar-refractivity contribution in [3.05, 3.63) is 53.1 Å². The fourth-order valence-corrected chi connectivity index (χ4v) is 2.15. The van der Waals surface area contributed by atoms with Gasteiger partial charge in [0, 0.05) is 10.6 Å². The molecule has 1 amide bonds. The first-order valence-corrected chi connectivity index (χ1v) is 7.45. The topological polar surface area (TPSA) is 38.3 Å². The van der Waals surface area contributed by atoms with E-state index in [1.54, 1.807) is 30.3 Å². The van der Waals surface area contributed by atoms with Crippen molar-refractivity contribution >= 4 is 35.8 Å². The summed E-state index contributed by atoms with van der Waals surface area (Å²) in [5.74, 6) is 0.517. The van der Waals surface area contributed by atoms with Gasteiger partial charge in [-0.1, -0.05) is 18.5 Å². The molecule has 2 aromatic rings. The summed E-state index contributed by atoms with van der Waals surface area (Å²) >= 11 is 10.2. The third-order valence-electron chi connectivity index (χ3n) is 2.78. The zero-order valence-corrected chi connectivity index (χ0v) is 13.2. The molecule has 0 saturated heterocycles. The zero-order valence-electron chi connectivity index (χ0n) is 11.6. The van der Waals surface area contributed by atoms with Crippen molar-refractivity contribution < 1.29 is 9.53 Å². The second kappa shape index (κ2) is 7.38. The molecule has 0 aliphatic heterocycles. The van der Waals surface area contributed by atoms with Crippen LogP contribution in [0.4, 0.5) is 5.69 Å². The van der Waals surface area contributed by atoms with Crippen molar-refractivity contribution in [2.24, 2.45) is 0 Å². The van der Waals surface area contributed by atoms with Gasteiger partial charge in [-0.25, -0.2) is 0 Å². The number of anilines is 1. The standard InChI is InChI=1S/C16H16ClNO2S/c1-2-9-20-12-5-3-11(4-6-12)18-16(19)14-10-13(21)7-8-15(14)17/h3-8,10,21H,2,9H2,1H3,(H,18,19). The molecule has 0 unspecified atom stereocenters. The third kappa shape index (κ3) is 4.41. The van der Waals surface area contributed by atoms with Crippen LogP contribution in [0.25, 0.3) is 0 Å². The van der Waals surface area contributed by atoms with E-state index < -0.39 is 0 Å². The monoisotopic (exact) mass is 321 g/mol. The third-order valence-corrected chi connectivity index (χ3v) is 3.39. The van der Waals surface area contributed by atoms with Crippen molar-refractivity contribution in [1.82, 2.24) is 0 Å². The number of thiol groups is 1. The second-order valence-corrected chi connectivity index (χ2v) is 5.41. The lowest BCUT2D eigenvalue weighted by atomic mass is 10.2. The summed E-state index contributed by atoms with van der Waals surface area (Å²) in [5, 5.41) is 3.19. The summed E-state index contributed by atoms with van der Waals surface area (Å²) in [6, 6.07) is 12.3. The van der Waals surface area contributed by atoms with E-state index in [2.05, 4.69) is 17.9 Å². The van der Waals surface area contributed by atoms with Gasteiger partial charge in [0.05, 0.1) is 17.2 Å². The van der Waals surface area contributed by atoms with E-state index in [1.807, 2.05) is 19.1 Å². The van der Waals surface area contributed by atoms with Gasteiger partial charge in [0.1, 0.15) is 5.75 Å². The lowest BCUT2D eigenvalue weighted by Crippen LogP contribution is -2.12. The Morgan fingerprint density at radius 3 is 2.62 bits per heavy atom. The predicted molar refractivity (Wildman–Crippen MR) is 88.9 cm³/mol. The molecule has 2 aromatic carbocycles. The van der Waals surface area contributed by atoms with Crippen molar-refractivity contribution in [1.29, 1.82) is 0 Å². The molecular formula is C16H16ClNO2S. The Labute approximate surface area is 134 Å². The smallest absolute Gasteiger partial charge is 0.257 e. The van der Waals surface area contributed by atoms with Gasteiger partial charge in [-0.3, -0.25) is 4.79 Å². The minimum atomic E-state index is -0.266. The average Bonchev–Trinajstić information content (AvgIpc) is 2.49. The average molecular weight is 322 g/mol. The zero-order chi connectivity index (χ0) is 15.2. The van der Waals surface area contributed by atoms with Gasteiger partial charge in [-0.15, -0.1) is 12.6 Å². The van der Waals surface area contributed by atoms with E-state index in [-0.39, 0.29) is 5.91 Å². The summed E-state index contributed by atoms with van der Waals surface area (Å²) in [7, 11) is 0. The minimum absolute atomic E-state index is 0.266. The number of halogens is 1.